The van der Waals surface area contributed by atoms with Crippen LogP contribution < -0.4 is 4.90 Å². The van der Waals surface area contributed by atoms with Gasteiger partial charge >= 0.3 is 0 Å². The molecule has 1 fully saturated rings. The third-order valence-electron chi connectivity index (χ3n) is 5.30. The molecule has 2 heterocycles. The molecule has 0 unspecified atom stereocenters. The molecule has 1 saturated heterocycles. The van der Waals surface area contributed by atoms with Crippen molar-refractivity contribution < 1.29 is 19.1 Å². The normalized spacial score (nSPS) is 20.3. The molecular weight excluding hydrogens is 346 g/mol. The number of anilines is 1. The third-order valence-corrected chi connectivity index (χ3v) is 5.30. The number of carbonyl (C=O) groups is 3. The van der Waals surface area contributed by atoms with Crippen LogP contribution in [0.15, 0.2) is 24.3 Å². The molecule has 7 nitrogen and oxygen atoms in total. The van der Waals surface area contributed by atoms with E-state index in [-0.39, 0.29) is 36.9 Å². The summed E-state index contributed by atoms with van der Waals surface area (Å²) in [6.45, 7) is 1.17. The molecule has 3 amide bonds. The molecule has 1 aromatic carbocycles. The molecule has 0 aromatic heterocycles. The Bertz CT molecular complexity index is 715. The predicted octanol–water partition coefficient (Wildman–Crippen LogP) is 1.52. The Morgan fingerprint density at radius 1 is 1.26 bits per heavy atom. The Morgan fingerprint density at radius 3 is 2.78 bits per heavy atom. The number of nitrogens with zero attached hydrogens (tertiary/aromatic N) is 3. The van der Waals surface area contributed by atoms with Crippen LogP contribution in [0.4, 0.5) is 5.69 Å². The average Bonchev–Trinajstić information content (AvgIpc) is 2.78. The maximum Gasteiger partial charge on any atom is 0.256 e. The highest BCUT2D eigenvalue weighted by atomic mass is 16.5. The van der Waals surface area contributed by atoms with E-state index in [2.05, 4.69) is 0 Å². The highest BCUT2D eigenvalue weighted by Gasteiger charge is 2.31. The highest BCUT2D eigenvalue weighted by molar-refractivity contribution is 6.10. The van der Waals surface area contributed by atoms with E-state index in [1.54, 1.807) is 43.3 Å². The van der Waals surface area contributed by atoms with E-state index >= 15 is 0 Å². The molecular formula is C20H27N3O4. The first kappa shape index (κ1) is 19.4. The molecule has 146 valence electrons. The van der Waals surface area contributed by atoms with Gasteiger partial charge in [-0.2, -0.15) is 0 Å². The summed E-state index contributed by atoms with van der Waals surface area (Å²) >= 11 is 0. The Labute approximate surface area is 159 Å². The average molecular weight is 373 g/mol. The van der Waals surface area contributed by atoms with Gasteiger partial charge in [-0.1, -0.05) is 12.1 Å². The molecule has 0 radical (unpaired) electrons. The zero-order valence-corrected chi connectivity index (χ0v) is 16.0. The third kappa shape index (κ3) is 4.47. The molecule has 1 atom stereocenters. The van der Waals surface area contributed by atoms with Gasteiger partial charge < -0.3 is 19.4 Å². The zero-order valence-electron chi connectivity index (χ0n) is 16.0. The molecule has 0 bridgehead atoms. The largest absolute Gasteiger partial charge is 0.378 e. The van der Waals surface area contributed by atoms with E-state index in [4.69, 9.17) is 4.74 Å². The van der Waals surface area contributed by atoms with Crippen LogP contribution in [0.1, 0.15) is 36.0 Å². The van der Waals surface area contributed by atoms with Gasteiger partial charge in [-0.3, -0.25) is 14.4 Å². The summed E-state index contributed by atoms with van der Waals surface area (Å²) in [5.74, 6) is -0.672. The van der Waals surface area contributed by atoms with Crippen LogP contribution in [0.2, 0.25) is 0 Å². The fraction of sp³-hybridized carbons (Fsp3) is 0.550. The molecule has 0 saturated carbocycles. The number of carbonyl (C=O) groups excluding carboxylic acids is 3. The first-order chi connectivity index (χ1) is 13.0. The van der Waals surface area contributed by atoms with Gasteiger partial charge in [-0.25, -0.2) is 0 Å². The molecule has 0 aliphatic carbocycles. The Balaban J connectivity index is 1.62. The van der Waals surface area contributed by atoms with Crippen molar-refractivity contribution in [1.82, 2.24) is 9.80 Å². The zero-order chi connectivity index (χ0) is 19.4. The van der Waals surface area contributed by atoms with Crippen molar-refractivity contribution in [2.24, 2.45) is 0 Å². The first-order valence-corrected chi connectivity index (χ1v) is 9.48. The second-order valence-electron chi connectivity index (χ2n) is 7.22. The lowest BCUT2D eigenvalue weighted by atomic mass is 10.1. The number of fused-ring (bicyclic) bond motifs is 1. The number of para-hydroxylation sites is 1. The number of amides is 3. The number of ether oxygens (including phenoxy) is 1. The van der Waals surface area contributed by atoms with Crippen molar-refractivity contribution in [2.45, 2.75) is 31.8 Å². The van der Waals surface area contributed by atoms with Crippen LogP contribution in [-0.4, -0.2) is 74.0 Å². The second kappa shape index (κ2) is 8.52. The lowest BCUT2D eigenvalue weighted by Gasteiger charge is -2.27. The summed E-state index contributed by atoms with van der Waals surface area (Å²) in [5, 5.41) is 0. The predicted molar refractivity (Wildman–Crippen MR) is 102 cm³/mol. The number of rotatable bonds is 5. The minimum absolute atomic E-state index is 0.102. The summed E-state index contributed by atoms with van der Waals surface area (Å²) in [6.07, 6.45) is 4.30. The van der Waals surface area contributed by atoms with Gasteiger partial charge in [0.2, 0.25) is 11.8 Å². The van der Waals surface area contributed by atoms with Crippen molar-refractivity contribution in [2.75, 3.05) is 45.2 Å². The van der Waals surface area contributed by atoms with Gasteiger partial charge in [-0.15, -0.1) is 0 Å². The fourth-order valence-electron chi connectivity index (χ4n) is 3.50. The maximum atomic E-state index is 12.8. The van der Waals surface area contributed by atoms with Crippen LogP contribution in [0.5, 0.6) is 0 Å². The van der Waals surface area contributed by atoms with E-state index in [9.17, 15) is 14.4 Å². The van der Waals surface area contributed by atoms with Crippen LogP contribution in [0.25, 0.3) is 0 Å². The molecule has 3 rings (SSSR count). The van der Waals surface area contributed by atoms with Crippen LogP contribution in [0, 0.1) is 0 Å². The smallest absolute Gasteiger partial charge is 0.256 e. The van der Waals surface area contributed by atoms with Gasteiger partial charge in [0.25, 0.3) is 5.91 Å². The Kier molecular flexibility index (Phi) is 6.11. The Hall–Kier alpha value is -2.41. The first-order valence-electron chi connectivity index (χ1n) is 9.48. The second-order valence-corrected chi connectivity index (χ2v) is 7.22. The minimum atomic E-state index is -0.291. The van der Waals surface area contributed by atoms with E-state index in [0.29, 0.717) is 17.8 Å². The molecule has 2 aliphatic rings. The van der Waals surface area contributed by atoms with Crippen molar-refractivity contribution >= 4 is 23.4 Å². The summed E-state index contributed by atoms with van der Waals surface area (Å²) in [5.41, 5.74) is 1.02. The quantitative estimate of drug-likeness (QED) is 0.785. The topological polar surface area (TPSA) is 70.2 Å². The van der Waals surface area contributed by atoms with Gasteiger partial charge in [0.1, 0.15) is 13.1 Å². The molecule has 0 N–H and O–H groups in total. The molecule has 1 aromatic rings. The van der Waals surface area contributed by atoms with Gasteiger partial charge in [-0.05, 0) is 37.8 Å². The number of hydrogen-bond donors (Lipinski definition) is 0. The highest BCUT2D eigenvalue weighted by Crippen LogP contribution is 2.24. The van der Waals surface area contributed by atoms with Crippen LogP contribution in [0.3, 0.4) is 0 Å². The molecule has 2 aliphatic heterocycles. The Morgan fingerprint density at radius 2 is 2.04 bits per heavy atom. The van der Waals surface area contributed by atoms with E-state index in [0.717, 1.165) is 25.9 Å². The summed E-state index contributed by atoms with van der Waals surface area (Å²) in [7, 11) is 3.38. The number of benzene rings is 1. The van der Waals surface area contributed by atoms with Crippen molar-refractivity contribution in [1.29, 1.82) is 0 Å². The van der Waals surface area contributed by atoms with Crippen LogP contribution in [-0.2, 0) is 14.3 Å². The minimum Gasteiger partial charge on any atom is -0.378 e. The lowest BCUT2D eigenvalue weighted by Crippen LogP contribution is -2.44. The number of likely N-dealkylation sites (N-methyl/N-ethyl adjacent to an activating group) is 2. The van der Waals surface area contributed by atoms with Crippen molar-refractivity contribution in [3.05, 3.63) is 29.8 Å². The van der Waals surface area contributed by atoms with Gasteiger partial charge in [0.05, 0.1) is 17.4 Å². The van der Waals surface area contributed by atoms with E-state index in [1.165, 1.54) is 16.2 Å². The molecule has 0 spiro atoms. The SMILES string of the molecule is CN(CC[C@@H]1CCCCO1)C(=O)CN1CC(=O)N(C)c2ccccc2C1=O. The lowest BCUT2D eigenvalue weighted by molar-refractivity contribution is -0.131. The van der Waals surface area contributed by atoms with Gasteiger partial charge in [0, 0.05) is 27.2 Å². The standard InChI is InChI=1S/C20H27N3O4/c1-21(11-10-15-7-5-6-12-27-15)18(24)13-23-14-19(25)22(2)17-9-4-3-8-16(17)20(23)26/h3-4,8-9,15H,5-7,10-14H2,1-2H3/t15-/m0/s1. The summed E-state index contributed by atoms with van der Waals surface area (Å²) < 4.78 is 5.70. The molecule has 7 heteroatoms. The molecule has 27 heavy (non-hydrogen) atoms. The van der Waals surface area contributed by atoms with E-state index < -0.39 is 0 Å². The van der Waals surface area contributed by atoms with E-state index in [1.807, 2.05) is 0 Å². The summed E-state index contributed by atoms with van der Waals surface area (Å²) in [6, 6.07) is 6.98. The maximum absolute atomic E-state index is 12.8. The fourth-order valence-corrected chi connectivity index (χ4v) is 3.50. The number of hydrogen-bond acceptors (Lipinski definition) is 4. The van der Waals surface area contributed by atoms with Crippen molar-refractivity contribution in [3.8, 4) is 0 Å². The monoisotopic (exact) mass is 373 g/mol. The van der Waals surface area contributed by atoms with Gasteiger partial charge in [0.15, 0.2) is 0 Å². The van der Waals surface area contributed by atoms with Crippen LogP contribution >= 0.6 is 0 Å². The summed E-state index contributed by atoms with van der Waals surface area (Å²) in [4.78, 5) is 42.3. The van der Waals surface area contributed by atoms with Crippen molar-refractivity contribution in [3.63, 3.8) is 0 Å².